The first kappa shape index (κ1) is 14.4. The summed E-state index contributed by atoms with van der Waals surface area (Å²) in [6, 6.07) is 9.41. The van der Waals surface area contributed by atoms with E-state index in [0.717, 1.165) is 18.5 Å². The third-order valence-electron chi connectivity index (χ3n) is 3.64. The minimum atomic E-state index is -0.911. The molecular weight excluding hydrogens is 256 g/mol. The molecule has 1 aromatic carbocycles. The Kier molecular flexibility index (Phi) is 4.61. The summed E-state index contributed by atoms with van der Waals surface area (Å²) in [4.78, 5) is 26.5. The van der Waals surface area contributed by atoms with E-state index in [0.29, 0.717) is 19.5 Å². The Labute approximate surface area is 118 Å². The molecule has 1 heterocycles. The van der Waals surface area contributed by atoms with E-state index in [1.54, 1.807) is 4.90 Å². The molecule has 1 saturated heterocycles. The highest BCUT2D eigenvalue weighted by molar-refractivity contribution is 5.93. The number of rotatable bonds is 3. The highest BCUT2D eigenvalue weighted by atomic mass is 16.4. The molecule has 2 rings (SSSR count). The molecule has 1 N–H and O–H groups in total. The second kappa shape index (κ2) is 6.41. The normalized spacial score (nSPS) is 18.6. The van der Waals surface area contributed by atoms with Gasteiger partial charge in [-0.15, -0.1) is 0 Å². The number of nitrogens with zero attached hydrogens (tertiary/aromatic N) is 2. The highest BCUT2D eigenvalue weighted by Crippen LogP contribution is 2.23. The molecule has 5 nitrogen and oxygen atoms in total. The zero-order valence-electron chi connectivity index (χ0n) is 11.7. The summed E-state index contributed by atoms with van der Waals surface area (Å²) in [7, 11) is 0. The maximum absolute atomic E-state index is 12.2. The van der Waals surface area contributed by atoms with Gasteiger partial charge >= 0.3 is 6.09 Å². The molecule has 0 bridgehead atoms. The summed E-state index contributed by atoms with van der Waals surface area (Å²) < 4.78 is 0. The van der Waals surface area contributed by atoms with Gasteiger partial charge < -0.3 is 14.9 Å². The molecule has 2 amide bonds. The second-order valence-electron chi connectivity index (χ2n) is 4.98. The number of para-hydroxylation sites is 1. The lowest BCUT2D eigenvalue weighted by Crippen LogP contribution is -2.51. The third kappa shape index (κ3) is 3.10. The Balaban J connectivity index is 2.23. The van der Waals surface area contributed by atoms with Crippen LogP contribution in [0.3, 0.4) is 0 Å². The number of carboxylic acid groups (broad SMARTS) is 1. The summed E-state index contributed by atoms with van der Waals surface area (Å²) in [6.07, 6.45) is 1.13. The molecule has 0 saturated carbocycles. The van der Waals surface area contributed by atoms with Gasteiger partial charge in [0.15, 0.2) is 0 Å². The van der Waals surface area contributed by atoms with Crippen LogP contribution in [0.1, 0.15) is 26.2 Å². The first-order valence-corrected chi connectivity index (χ1v) is 6.98. The molecule has 1 aliphatic rings. The zero-order valence-corrected chi connectivity index (χ0v) is 11.7. The number of hydrogen-bond donors (Lipinski definition) is 1. The highest BCUT2D eigenvalue weighted by Gasteiger charge is 2.30. The fourth-order valence-electron chi connectivity index (χ4n) is 2.66. The van der Waals surface area contributed by atoms with Crippen molar-refractivity contribution in [3.05, 3.63) is 30.3 Å². The van der Waals surface area contributed by atoms with Gasteiger partial charge in [0.05, 0.1) is 6.04 Å². The fraction of sp³-hybridized carbons (Fsp3) is 0.467. The third-order valence-corrected chi connectivity index (χ3v) is 3.64. The number of benzene rings is 1. The number of likely N-dealkylation sites (tertiary alicyclic amines) is 1. The van der Waals surface area contributed by atoms with Gasteiger partial charge in [0.1, 0.15) is 0 Å². The zero-order chi connectivity index (χ0) is 14.5. The van der Waals surface area contributed by atoms with Gasteiger partial charge in [-0.1, -0.05) is 25.1 Å². The molecule has 1 atom stereocenters. The molecule has 1 aromatic rings. The van der Waals surface area contributed by atoms with Crippen molar-refractivity contribution in [3.63, 3.8) is 0 Å². The Morgan fingerprint density at radius 3 is 2.65 bits per heavy atom. The van der Waals surface area contributed by atoms with Crippen LogP contribution in [0.25, 0.3) is 0 Å². The van der Waals surface area contributed by atoms with Gasteiger partial charge in [-0.05, 0) is 25.0 Å². The SMILES string of the molecule is CCC(=O)N(c1ccccc1)C1CCCN(C(=O)O)C1. The van der Waals surface area contributed by atoms with Crippen molar-refractivity contribution in [1.29, 1.82) is 0 Å². The largest absolute Gasteiger partial charge is 0.465 e. The smallest absolute Gasteiger partial charge is 0.407 e. The van der Waals surface area contributed by atoms with Crippen LogP contribution >= 0.6 is 0 Å². The lowest BCUT2D eigenvalue weighted by Gasteiger charge is -2.38. The molecule has 1 fully saturated rings. The van der Waals surface area contributed by atoms with Crippen molar-refractivity contribution in [2.24, 2.45) is 0 Å². The summed E-state index contributed by atoms with van der Waals surface area (Å²) in [5.74, 6) is 0.0356. The second-order valence-corrected chi connectivity index (χ2v) is 4.98. The molecule has 20 heavy (non-hydrogen) atoms. The van der Waals surface area contributed by atoms with E-state index in [-0.39, 0.29) is 11.9 Å². The van der Waals surface area contributed by atoms with Gasteiger partial charge in [0.2, 0.25) is 5.91 Å². The van der Waals surface area contributed by atoms with Crippen LogP contribution in [0.15, 0.2) is 30.3 Å². The van der Waals surface area contributed by atoms with Crippen molar-refractivity contribution >= 4 is 17.7 Å². The quantitative estimate of drug-likeness (QED) is 0.923. The molecule has 0 aliphatic carbocycles. The Bertz CT molecular complexity index is 475. The average Bonchev–Trinajstić information content (AvgIpc) is 2.48. The minimum absolute atomic E-state index is 0.0356. The van der Waals surface area contributed by atoms with Gasteiger partial charge in [0, 0.05) is 25.2 Å². The lowest BCUT2D eigenvalue weighted by molar-refractivity contribution is -0.119. The van der Waals surface area contributed by atoms with E-state index in [2.05, 4.69) is 0 Å². The van der Waals surface area contributed by atoms with E-state index in [1.165, 1.54) is 4.90 Å². The van der Waals surface area contributed by atoms with Crippen LogP contribution in [-0.4, -0.2) is 41.1 Å². The summed E-state index contributed by atoms with van der Waals surface area (Å²) in [5.41, 5.74) is 0.844. The molecule has 1 aliphatic heterocycles. The maximum Gasteiger partial charge on any atom is 0.407 e. The Morgan fingerprint density at radius 1 is 1.35 bits per heavy atom. The van der Waals surface area contributed by atoms with E-state index in [4.69, 9.17) is 5.11 Å². The molecule has 5 heteroatoms. The fourth-order valence-corrected chi connectivity index (χ4v) is 2.66. The molecular formula is C15H20N2O3. The lowest BCUT2D eigenvalue weighted by atomic mass is 10.0. The number of piperidine rings is 1. The topological polar surface area (TPSA) is 60.9 Å². The van der Waals surface area contributed by atoms with Crippen molar-refractivity contribution in [3.8, 4) is 0 Å². The number of anilines is 1. The number of carbonyl (C=O) groups excluding carboxylic acids is 1. The van der Waals surface area contributed by atoms with E-state index in [9.17, 15) is 9.59 Å². The first-order valence-electron chi connectivity index (χ1n) is 6.98. The van der Waals surface area contributed by atoms with E-state index in [1.807, 2.05) is 37.3 Å². The van der Waals surface area contributed by atoms with Gasteiger partial charge in [0.25, 0.3) is 0 Å². The van der Waals surface area contributed by atoms with Crippen LogP contribution < -0.4 is 4.90 Å². The molecule has 0 radical (unpaired) electrons. The maximum atomic E-state index is 12.2. The predicted octanol–water partition coefficient (Wildman–Crippen LogP) is 2.57. The number of hydrogen-bond acceptors (Lipinski definition) is 2. The van der Waals surface area contributed by atoms with Crippen LogP contribution in [0.2, 0.25) is 0 Å². The van der Waals surface area contributed by atoms with Crippen LogP contribution in [0.4, 0.5) is 10.5 Å². The standard InChI is InChI=1S/C15H20N2O3/c1-2-14(18)17(12-7-4-3-5-8-12)13-9-6-10-16(11-13)15(19)20/h3-5,7-8,13H,2,6,9-11H2,1H3,(H,19,20). The van der Waals surface area contributed by atoms with E-state index < -0.39 is 6.09 Å². The predicted molar refractivity (Wildman–Crippen MR) is 76.8 cm³/mol. The average molecular weight is 276 g/mol. The summed E-state index contributed by atoms with van der Waals surface area (Å²) >= 11 is 0. The minimum Gasteiger partial charge on any atom is -0.465 e. The number of carbonyl (C=O) groups is 2. The van der Waals surface area contributed by atoms with Gasteiger partial charge in [-0.25, -0.2) is 4.79 Å². The van der Waals surface area contributed by atoms with Crippen molar-refractivity contribution < 1.29 is 14.7 Å². The molecule has 1 unspecified atom stereocenters. The van der Waals surface area contributed by atoms with Crippen molar-refractivity contribution in [2.45, 2.75) is 32.2 Å². The van der Waals surface area contributed by atoms with Crippen LogP contribution in [0.5, 0.6) is 0 Å². The number of amides is 2. The van der Waals surface area contributed by atoms with Crippen molar-refractivity contribution in [1.82, 2.24) is 4.90 Å². The first-order chi connectivity index (χ1) is 9.63. The van der Waals surface area contributed by atoms with Crippen LogP contribution in [-0.2, 0) is 4.79 Å². The van der Waals surface area contributed by atoms with Gasteiger partial charge in [-0.3, -0.25) is 4.79 Å². The monoisotopic (exact) mass is 276 g/mol. The molecule has 0 aromatic heterocycles. The van der Waals surface area contributed by atoms with Crippen LogP contribution in [0, 0.1) is 0 Å². The Morgan fingerprint density at radius 2 is 2.05 bits per heavy atom. The summed E-state index contributed by atoms with van der Waals surface area (Å²) in [6.45, 7) is 2.76. The van der Waals surface area contributed by atoms with E-state index >= 15 is 0 Å². The molecule has 108 valence electrons. The van der Waals surface area contributed by atoms with Crippen molar-refractivity contribution in [2.75, 3.05) is 18.0 Å². The Hall–Kier alpha value is -2.04. The summed E-state index contributed by atoms with van der Waals surface area (Å²) in [5, 5.41) is 9.13. The van der Waals surface area contributed by atoms with Gasteiger partial charge in [-0.2, -0.15) is 0 Å². The molecule has 0 spiro atoms.